The summed E-state index contributed by atoms with van der Waals surface area (Å²) in [5.74, 6) is -0.621. The van der Waals surface area contributed by atoms with Crippen molar-refractivity contribution in [2.45, 2.75) is 13.1 Å². The SMILES string of the molecule is CN(C)C(=O)Oc1c(CNC(=O)c2ccn(Cc3ccccc3)c(=O)c2)c(=O)c2ccc(Cl)cc2n1-c1ccccc1. The van der Waals surface area contributed by atoms with Crippen LogP contribution in [0.25, 0.3) is 16.6 Å². The van der Waals surface area contributed by atoms with E-state index in [-0.39, 0.29) is 29.1 Å². The third-order valence-corrected chi connectivity index (χ3v) is 6.86. The van der Waals surface area contributed by atoms with Crippen molar-refractivity contribution in [3.63, 3.8) is 0 Å². The van der Waals surface area contributed by atoms with E-state index in [0.717, 1.165) is 5.56 Å². The quantitative estimate of drug-likeness (QED) is 0.296. The number of amides is 2. The molecule has 0 bridgehead atoms. The summed E-state index contributed by atoms with van der Waals surface area (Å²) in [5, 5.41) is 3.43. The second kappa shape index (κ2) is 12.2. The fraction of sp³-hybridized carbons (Fsp3) is 0.125. The van der Waals surface area contributed by atoms with Gasteiger partial charge in [-0.3, -0.25) is 19.0 Å². The van der Waals surface area contributed by atoms with Crippen molar-refractivity contribution >= 4 is 34.5 Å². The monoisotopic (exact) mass is 582 g/mol. The van der Waals surface area contributed by atoms with Gasteiger partial charge in [0.25, 0.3) is 11.5 Å². The Bertz CT molecular complexity index is 1900. The molecule has 42 heavy (non-hydrogen) atoms. The molecule has 0 unspecified atom stereocenters. The maximum atomic E-state index is 13.8. The predicted molar refractivity (Wildman–Crippen MR) is 162 cm³/mol. The van der Waals surface area contributed by atoms with Gasteiger partial charge in [-0.25, -0.2) is 4.79 Å². The summed E-state index contributed by atoms with van der Waals surface area (Å²) in [5.41, 5.74) is 1.39. The lowest BCUT2D eigenvalue weighted by atomic mass is 10.1. The summed E-state index contributed by atoms with van der Waals surface area (Å²) in [6, 6.07) is 26.1. The second-order valence-corrected chi connectivity index (χ2v) is 10.2. The van der Waals surface area contributed by atoms with Crippen molar-refractivity contribution in [2.24, 2.45) is 0 Å². The Balaban J connectivity index is 1.54. The number of aromatic nitrogens is 2. The lowest BCUT2D eigenvalue weighted by Gasteiger charge is -2.21. The number of para-hydroxylation sites is 1. The standard InChI is InChI=1S/C32H27ClN4O5/c1-35(2)32(41)42-31-26(29(39)25-14-13-23(33)18-27(25)37(31)24-11-7-4-8-12-24)19-34-30(40)22-15-16-36(28(38)17-22)20-21-9-5-3-6-10-21/h3-18H,19-20H2,1-2H3,(H,34,40). The molecule has 2 aromatic heterocycles. The molecule has 5 rings (SSSR count). The molecule has 2 heterocycles. The smallest absolute Gasteiger partial charge is 0.392 e. The molecule has 3 aromatic carbocycles. The van der Waals surface area contributed by atoms with Crippen LogP contribution < -0.4 is 21.0 Å². The molecule has 5 aromatic rings. The van der Waals surface area contributed by atoms with Crippen LogP contribution in [0.3, 0.4) is 0 Å². The minimum absolute atomic E-state index is 0.0506. The van der Waals surface area contributed by atoms with Gasteiger partial charge in [-0.2, -0.15) is 0 Å². The molecule has 0 fully saturated rings. The second-order valence-electron chi connectivity index (χ2n) is 9.76. The number of pyridine rings is 2. The number of hydrogen-bond donors (Lipinski definition) is 1. The molecule has 212 valence electrons. The Hall–Kier alpha value is -5.15. The molecule has 0 spiro atoms. The van der Waals surface area contributed by atoms with Crippen LogP contribution in [0.5, 0.6) is 5.88 Å². The first kappa shape index (κ1) is 28.4. The minimum atomic E-state index is -0.713. The van der Waals surface area contributed by atoms with Crippen molar-refractivity contribution < 1.29 is 14.3 Å². The summed E-state index contributed by atoms with van der Waals surface area (Å²) in [6.07, 6.45) is 0.839. The molecule has 10 heteroatoms. The Labute approximate surface area is 246 Å². The molecule has 0 aliphatic rings. The lowest BCUT2D eigenvalue weighted by Crippen LogP contribution is -2.32. The van der Waals surface area contributed by atoms with Crippen LogP contribution in [-0.2, 0) is 13.1 Å². The highest BCUT2D eigenvalue weighted by atomic mass is 35.5. The van der Waals surface area contributed by atoms with Gasteiger partial charge in [0.1, 0.15) is 0 Å². The van der Waals surface area contributed by atoms with Crippen molar-refractivity contribution in [1.82, 2.24) is 19.4 Å². The molecule has 0 saturated heterocycles. The zero-order chi connectivity index (χ0) is 29.8. The van der Waals surface area contributed by atoms with E-state index in [4.69, 9.17) is 16.3 Å². The molecule has 0 atom stereocenters. The number of carbonyl (C=O) groups is 2. The van der Waals surface area contributed by atoms with E-state index < -0.39 is 17.4 Å². The van der Waals surface area contributed by atoms with Crippen LogP contribution in [0.1, 0.15) is 21.5 Å². The van der Waals surface area contributed by atoms with Gasteiger partial charge < -0.3 is 19.5 Å². The van der Waals surface area contributed by atoms with E-state index in [1.165, 1.54) is 35.7 Å². The highest BCUT2D eigenvalue weighted by molar-refractivity contribution is 6.31. The first-order chi connectivity index (χ1) is 20.2. The van der Waals surface area contributed by atoms with E-state index in [0.29, 0.717) is 28.2 Å². The highest BCUT2D eigenvalue weighted by Crippen LogP contribution is 2.29. The highest BCUT2D eigenvalue weighted by Gasteiger charge is 2.23. The van der Waals surface area contributed by atoms with Gasteiger partial charge in [0.2, 0.25) is 5.88 Å². The number of rotatable bonds is 7. The van der Waals surface area contributed by atoms with E-state index >= 15 is 0 Å². The Kier molecular flexibility index (Phi) is 8.21. The Morgan fingerprint density at radius 3 is 2.26 bits per heavy atom. The molecule has 1 N–H and O–H groups in total. The van der Waals surface area contributed by atoms with Gasteiger partial charge in [0.05, 0.1) is 24.2 Å². The summed E-state index contributed by atoms with van der Waals surface area (Å²) >= 11 is 6.30. The summed E-state index contributed by atoms with van der Waals surface area (Å²) in [4.78, 5) is 53.6. The van der Waals surface area contributed by atoms with E-state index in [2.05, 4.69) is 5.32 Å². The molecule has 0 saturated carbocycles. The third-order valence-electron chi connectivity index (χ3n) is 6.62. The topological polar surface area (TPSA) is 103 Å². The van der Waals surface area contributed by atoms with Crippen molar-refractivity contribution in [1.29, 1.82) is 0 Å². The van der Waals surface area contributed by atoms with Gasteiger partial charge >= 0.3 is 6.09 Å². The summed E-state index contributed by atoms with van der Waals surface area (Å²) in [6.45, 7) is 0.0918. The van der Waals surface area contributed by atoms with E-state index in [9.17, 15) is 19.2 Å². The predicted octanol–water partition coefficient (Wildman–Crippen LogP) is 4.84. The van der Waals surface area contributed by atoms with Crippen LogP contribution in [0, 0.1) is 0 Å². The average Bonchev–Trinajstić information content (AvgIpc) is 2.98. The van der Waals surface area contributed by atoms with Gasteiger partial charge in [-0.1, -0.05) is 60.1 Å². The van der Waals surface area contributed by atoms with Crippen molar-refractivity contribution in [3.05, 3.63) is 139 Å². The first-order valence-electron chi connectivity index (χ1n) is 13.1. The summed E-state index contributed by atoms with van der Waals surface area (Å²) in [7, 11) is 3.04. The normalized spacial score (nSPS) is 10.8. The van der Waals surface area contributed by atoms with Crippen LogP contribution in [0.2, 0.25) is 5.02 Å². The molecule has 0 radical (unpaired) electrons. The number of hydrogen-bond acceptors (Lipinski definition) is 5. The Morgan fingerprint density at radius 2 is 1.60 bits per heavy atom. The van der Waals surface area contributed by atoms with Crippen LogP contribution in [-0.4, -0.2) is 40.1 Å². The number of carbonyl (C=O) groups excluding carboxylic acids is 2. The number of ether oxygens (including phenoxy) is 1. The molecule has 0 aliphatic carbocycles. The zero-order valence-corrected chi connectivity index (χ0v) is 23.7. The fourth-order valence-electron chi connectivity index (χ4n) is 4.49. The third kappa shape index (κ3) is 5.96. The zero-order valence-electron chi connectivity index (χ0n) is 22.9. The number of nitrogens with zero attached hydrogens (tertiary/aromatic N) is 3. The molecular formula is C32H27ClN4O5. The minimum Gasteiger partial charge on any atom is -0.392 e. The number of halogens is 1. The maximum absolute atomic E-state index is 13.8. The Morgan fingerprint density at radius 1 is 0.905 bits per heavy atom. The molecule has 0 aliphatic heterocycles. The van der Waals surface area contributed by atoms with Crippen molar-refractivity contribution in [2.75, 3.05) is 14.1 Å². The van der Waals surface area contributed by atoms with E-state index in [1.807, 2.05) is 48.5 Å². The van der Waals surface area contributed by atoms with Gasteiger partial charge in [0, 0.05) is 48.0 Å². The first-order valence-corrected chi connectivity index (χ1v) is 13.4. The lowest BCUT2D eigenvalue weighted by molar-refractivity contribution is 0.0950. The van der Waals surface area contributed by atoms with Crippen molar-refractivity contribution in [3.8, 4) is 11.6 Å². The maximum Gasteiger partial charge on any atom is 0.416 e. The number of nitrogens with one attached hydrogen (secondary N) is 1. The molecule has 2 amide bonds. The average molecular weight is 583 g/mol. The number of fused-ring (bicyclic) bond motifs is 1. The van der Waals surface area contributed by atoms with Gasteiger partial charge in [-0.15, -0.1) is 0 Å². The van der Waals surface area contributed by atoms with E-state index in [1.54, 1.807) is 41.1 Å². The summed E-state index contributed by atoms with van der Waals surface area (Å²) < 4.78 is 8.87. The number of benzene rings is 3. The largest absolute Gasteiger partial charge is 0.416 e. The van der Waals surface area contributed by atoms with Crippen LogP contribution in [0.15, 0.2) is 107 Å². The molecular weight excluding hydrogens is 556 g/mol. The van der Waals surface area contributed by atoms with Gasteiger partial charge in [-0.05, 0) is 42.0 Å². The van der Waals surface area contributed by atoms with Crippen LogP contribution >= 0.6 is 11.6 Å². The van der Waals surface area contributed by atoms with Gasteiger partial charge in [0.15, 0.2) is 5.43 Å². The fourth-order valence-corrected chi connectivity index (χ4v) is 4.65. The molecule has 9 nitrogen and oxygen atoms in total. The van der Waals surface area contributed by atoms with Crippen LogP contribution in [0.4, 0.5) is 4.79 Å².